The van der Waals surface area contributed by atoms with Gasteiger partial charge in [0.25, 0.3) is 17.5 Å². The molecule has 0 radical (unpaired) electrons. The number of hydrogen-bond donors (Lipinski definition) is 1. The van der Waals surface area contributed by atoms with Crippen LogP contribution in [0, 0.1) is 10.1 Å². The van der Waals surface area contributed by atoms with Gasteiger partial charge in [-0.1, -0.05) is 23.7 Å². The highest BCUT2D eigenvalue weighted by Crippen LogP contribution is 2.24. The van der Waals surface area contributed by atoms with Gasteiger partial charge in [-0.25, -0.2) is 9.69 Å². The van der Waals surface area contributed by atoms with Crippen molar-refractivity contribution in [2.75, 3.05) is 4.90 Å². The van der Waals surface area contributed by atoms with Gasteiger partial charge in [0.2, 0.25) is 0 Å². The number of carbonyl (C=O) groups excluding carboxylic acids is 3. The van der Waals surface area contributed by atoms with Crippen LogP contribution in [0.15, 0.2) is 54.1 Å². The fraction of sp³-hybridized carbons (Fsp3) is 0. The van der Waals surface area contributed by atoms with Crippen LogP contribution in [-0.2, 0) is 9.59 Å². The van der Waals surface area contributed by atoms with Gasteiger partial charge in [0.15, 0.2) is 0 Å². The Morgan fingerprint density at radius 1 is 1.08 bits per heavy atom. The molecule has 9 heteroatoms. The summed E-state index contributed by atoms with van der Waals surface area (Å²) in [5.74, 6) is -1.72. The van der Waals surface area contributed by atoms with Gasteiger partial charge in [-0.3, -0.25) is 25.0 Å². The lowest BCUT2D eigenvalue weighted by Crippen LogP contribution is -2.54. The van der Waals surface area contributed by atoms with Crippen molar-refractivity contribution in [2.45, 2.75) is 0 Å². The topological polar surface area (TPSA) is 110 Å². The molecule has 1 aliphatic rings. The summed E-state index contributed by atoms with van der Waals surface area (Å²) in [7, 11) is 0. The molecule has 1 fully saturated rings. The van der Waals surface area contributed by atoms with Gasteiger partial charge in [0, 0.05) is 17.2 Å². The zero-order chi connectivity index (χ0) is 18.8. The molecule has 0 spiro atoms. The van der Waals surface area contributed by atoms with Crippen molar-refractivity contribution in [2.24, 2.45) is 0 Å². The SMILES string of the molecule is O=C1NC(=O)N(c2ccc(Cl)cc2)C(=O)/C1=C/c1cccc([N+](=O)[O-])c1. The maximum absolute atomic E-state index is 12.7. The van der Waals surface area contributed by atoms with E-state index >= 15 is 0 Å². The van der Waals surface area contributed by atoms with Crippen molar-refractivity contribution in [3.63, 3.8) is 0 Å². The third-order valence-corrected chi connectivity index (χ3v) is 3.83. The van der Waals surface area contributed by atoms with Gasteiger partial charge in [-0.15, -0.1) is 0 Å². The van der Waals surface area contributed by atoms with Crippen LogP contribution in [0.4, 0.5) is 16.2 Å². The van der Waals surface area contributed by atoms with E-state index in [1.165, 1.54) is 54.6 Å². The highest BCUT2D eigenvalue weighted by Gasteiger charge is 2.36. The third-order valence-electron chi connectivity index (χ3n) is 3.58. The molecule has 2 aromatic rings. The minimum atomic E-state index is -0.890. The summed E-state index contributed by atoms with van der Waals surface area (Å²) in [5.41, 5.74) is 0.00569. The zero-order valence-electron chi connectivity index (χ0n) is 13.0. The molecule has 8 nitrogen and oxygen atoms in total. The fourth-order valence-corrected chi connectivity index (χ4v) is 2.50. The Balaban J connectivity index is 2.01. The number of imide groups is 2. The number of nitrogens with one attached hydrogen (secondary N) is 1. The van der Waals surface area contributed by atoms with E-state index in [1.807, 2.05) is 0 Å². The van der Waals surface area contributed by atoms with Gasteiger partial charge in [0.05, 0.1) is 10.6 Å². The minimum absolute atomic E-state index is 0.186. The lowest BCUT2D eigenvalue weighted by molar-refractivity contribution is -0.384. The predicted octanol–water partition coefficient (Wildman–Crippen LogP) is 2.91. The first kappa shape index (κ1) is 17.3. The van der Waals surface area contributed by atoms with Crippen LogP contribution < -0.4 is 10.2 Å². The molecule has 0 aliphatic carbocycles. The molecule has 0 unspecified atom stereocenters. The van der Waals surface area contributed by atoms with Gasteiger partial charge >= 0.3 is 6.03 Å². The Morgan fingerprint density at radius 2 is 1.77 bits per heavy atom. The normalized spacial score (nSPS) is 16.0. The van der Waals surface area contributed by atoms with Crippen molar-refractivity contribution in [3.8, 4) is 0 Å². The van der Waals surface area contributed by atoms with Crippen LogP contribution >= 0.6 is 11.6 Å². The molecule has 26 heavy (non-hydrogen) atoms. The van der Waals surface area contributed by atoms with Crippen molar-refractivity contribution in [1.29, 1.82) is 0 Å². The largest absolute Gasteiger partial charge is 0.335 e. The lowest BCUT2D eigenvalue weighted by atomic mass is 10.1. The predicted molar refractivity (Wildman–Crippen MR) is 93.6 cm³/mol. The van der Waals surface area contributed by atoms with E-state index in [4.69, 9.17) is 11.6 Å². The number of hydrogen-bond acceptors (Lipinski definition) is 5. The average Bonchev–Trinajstić information content (AvgIpc) is 2.60. The number of rotatable bonds is 3. The molecule has 0 aromatic heterocycles. The maximum atomic E-state index is 12.7. The van der Waals surface area contributed by atoms with E-state index in [1.54, 1.807) is 0 Å². The molecule has 0 atom stereocenters. The Kier molecular flexibility index (Phi) is 4.51. The molecular formula is C17H10ClN3O5. The second-order valence-electron chi connectivity index (χ2n) is 5.29. The molecule has 1 N–H and O–H groups in total. The quantitative estimate of drug-likeness (QED) is 0.386. The Hall–Kier alpha value is -3.52. The number of benzene rings is 2. The van der Waals surface area contributed by atoms with Gasteiger partial charge < -0.3 is 0 Å². The minimum Gasteiger partial charge on any atom is -0.273 e. The van der Waals surface area contributed by atoms with E-state index in [9.17, 15) is 24.5 Å². The van der Waals surface area contributed by atoms with Crippen molar-refractivity contribution < 1.29 is 19.3 Å². The lowest BCUT2D eigenvalue weighted by Gasteiger charge is -2.26. The number of nitrogens with zero attached hydrogens (tertiary/aromatic N) is 2. The molecule has 0 bridgehead atoms. The summed E-state index contributed by atoms with van der Waals surface area (Å²) in [6.07, 6.45) is 1.19. The number of urea groups is 1. The molecule has 130 valence electrons. The number of nitro benzene ring substituents is 1. The molecule has 0 saturated carbocycles. The summed E-state index contributed by atoms with van der Waals surface area (Å²) in [5, 5.41) is 13.3. The molecule has 3 rings (SSSR count). The Bertz CT molecular complexity index is 969. The van der Waals surface area contributed by atoms with Crippen LogP contribution in [0.5, 0.6) is 0 Å². The average molecular weight is 372 g/mol. The second-order valence-corrected chi connectivity index (χ2v) is 5.72. The maximum Gasteiger partial charge on any atom is 0.335 e. The fourth-order valence-electron chi connectivity index (χ4n) is 2.38. The molecule has 4 amide bonds. The van der Waals surface area contributed by atoms with Crippen LogP contribution in [0.2, 0.25) is 5.02 Å². The van der Waals surface area contributed by atoms with E-state index in [2.05, 4.69) is 5.32 Å². The molecule has 2 aromatic carbocycles. The van der Waals surface area contributed by atoms with Crippen LogP contribution in [0.1, 0.15) is 5.56 Å². The first-order chi connectivity index (χ1) is 12.4. The number of non-ortho nitro benzene ring substituents is 1. The van der Waals surface area contributed by atoms with Gasteiger partial charge in [0.1, 0.15) is 5.57 Å². The van der Waals surface area contributed by atoms with Crippen LogP contribution in [0.3, 0.4) is 0 Å². The van der Waals surface area contributed by atoms with Gasteiger partial charge in [-0.05, 0) is 35.9 Å². The summed E-state index contributed by atoms with van der Waals surface area (Å²) < 4.78 is 0. The monoisotopic (exact) mass is 371 g/mol. The standard InChI is InChI=1S/C17H10ClN3O5/c18-11-4-6-12(7-5-11)20-16(23)14(15(22)19-17(20)24)9-10-2-1-3-13(8-10)21(25)26/h1-9H,(H,19,22,24)/b14-9+. The highest BCUT2D eigenvalue weighted by molar-refractivity contribution is 6.39. The summed E-state index contributed by atoms with van der Waals surface area (Å²) in [4.78, 5) is 47.9. The zero-order valence-corrected chi connectivity index (χ0v) is 13.8. The number of amides is 4. The van der Waals surface area contributed by atoms with Crippen molar-refractivity contribution in [1.82, 2.24) is 5.32 Å². The first-order valence-corrected chi connectivity index (χ1v) is 7.66. The van der Waals surface area contributed by atoms with Crippen molar-refractivity contribution >= 4 is 46.9 Å². The number of anilines is 1. The number of barbiturate groups is 1. The summed E-state index contributed by atoms with van der Waals surface area (Å²) >= 11 is 5.80. The molecule has 1 heterocycles. The number of halogens is 1. The summed E-state index contributed by atoms with van der Waals surface area (Å²) in [6, 6.07) is 10.5. The smallest absolute Gasteiger partial charge is 0.273 e. The van der Waals surface area contributed by atoms with Crippen molar-refractivity contribution in [3.05, 3.63) is 74.8 Å². The highest BCUT2D eigenvalue weighted by atomic mass is 35.5. The van der Waals surface area contributed by atoms with Crippen LogP contribution in [0.25, 0.3) is 6.08 Å². The second kappa shape index (κ2) is 6.77. The van der Waals surface area contributed by atoms with Crippen LogP contribution in [-0.4, -0.2) is 22.8 Å². The van der Waals surface area contributed by atoms with E-state index in [0.717, 1.165) is 4.90 Å². The van der Waals surface area contributed by atoms with Gasteiger partial charge in [-0.2, -0.15) is 0 Å². The van der Waals surface area contributed by atoms with E-state index < -0.39 is 22.8 Å². The number of carbonyl (C=O) groups is 3. The molecular weight excluding hydrogens is 362 g/mol. The Morgan fingerprint density at radius 3 is 2.42 bits per heavy atom. The summed E-state index contributed by atoms with van der Waals surface area (Å²) in [6.45, 7) is 0. The van der Waals surface area contributed by atoms with E-state index in [-0.39, 0.29) is 22.5 Å². The van der Waals surface area contributed by atoms with E-state index in [0.29, 0.717) is 5.02 Å². The third kappa shape index (κ3) is 3.31. The molecule has 1 saturated heterocycles. The Labute approximate surface area is 151 Å². The number of nitro groups is 1. The first-order valence-electron chi connectivity index (χ1n) is 7.28. The molecule has 1 aliphatic heterocycles.